The van der Waals surface area contributed by atoms with Crippen molar-refractivity contribution < 1.29 is 4.90 Å². The monoisotopic (exact) mass is 740 g/mol. The number of quaternary nitrogens is 1. The average molecular weight is 741 g/mol. The summed E-state index contributed by atoms with van der Waals surface area (Å²) < 4.78 is 0. The molecule has 58 heavy (non-hydrogen) atoms. The van der Waals surface area contributed by atoms with Crippen molar-refractivity contribution in [2.75, 3.05) is 4.90 Å². The van der Waals surface area contributed by atoms with Crippen molar-refractivity contribution in [3.8, 4) is 22.3 Å². The maximum absolute atomic E-state index is 5.26. The highest BCUT2D eigenvalue weighted by molar-refractivity contribution is 6.23. The highest BCUT2D eigenvalue weighted by Gasteiger charge is 2.51. The van der Waals surface area contributed by atoms with Gasteiger partial charge in [0, 0.05) is 16.8 Å². The Bertz CT molecular complexity index is 2950. The van der Waals surface area contributed by atoms with Gasteiger partial charge in [-0.3, -0.25) is 0 Å². The average Bonchev–Trinajstić information content (AvgIpc) is 3.58. The molecule has 1 aliphatic carbocycles. The topological polar surface area (TPSA) is 20.0 Å². The number of para-hydroxylation sites is 3. The Morgan fingerprint density at radius 3 is 1.69 bits per heavy atom. The molecule has 3 aliphatic heterocycles. The van der Waals surface area contributed by atoms with Crippen LogP contribution in [0, 0.1) is 0 Å². The molecule has 0 amide bonds. The van der Waals surface area contributed by atoms with E-state index in [2.05, 4.69) is 223 Å². The third-order valence-electron chi connectivity index (χ3n) is 12.6. The van der Waals surface area contributed by atoms with Crippen LogP contribution in [0.4, 0.5) is 17.1 Å². The van der Waals surface area contributed by atoms with Crippen molar-refractivity contribution in [1.29, 1.82) is 0 Å². The van der Waals surface area contributed by atoms with Crippen LogP contribution in [0.15, 0.2) is 224 Å². The molecule has 0 aromatic heterocycles. The summed E-state index contributed by atoms with van der Waals surface area (Å²) in [4.78, 5) is 8.98. The van der Waals surface area contributed by atoms with E-state index in [1.165, 1.54) is 88.6 Å². The minimum atomic E-state index is -0.484. The van der Waals surface area contributed by atoms with Gasteiger partial charge in [-0.2, -0.15) is 4.99 Å². The van der Waals surface area contributed by atoms with Crippen LogP contribution in [0.25, 0.3) is 33.4 Å². The lowest BCUT2D eigenvalue weighted by Gasteiger charge is -2.45. The van der Waals surface area contributed by atoms with E-state index in [-0.39, 0.29) is 6.17 Å². The number of nitrogens with one attached hydrogen (secondary N) is 1. The van der Waals surface area contributed by atoms with E-state index in [0.29, 0.717) is 0 Å². The first-order chi connectivity index (χ1) is 28.8. The summed E-state index contributed by atoms with van der Waals surface area (Å²) >= 11 is 0. The fourth-order valence-electron chi connectivity index (χ4n) is 10.0. The van der Waals surface area contributed by atoms with Gasteiger partial charge in [0.15, 0.2) is 0 Å². The van der Waals surface area contributed by atoms with E-state index in [0.717, 1.165) is 11.5 Å². The molecule has 8 aromatic rings. The summed E-state index contributed by atoms with van der Waals surface area (Å²) in [5, 5.41) is 0. The van der Waals surface area contributed by atoms with Gasteiger partial charge in [0.2, 0.25) is 12.0 Å². The Hall–Kier alpha value is -7.33. The number of hydrogen-bond acceptors (Lipinski definition) is 2. The smallest absolute Gasteiger partial charge is 0.241 e. The number of nitrogens with zero attached hydrogens (tertiary/aromatic N) is 2. The van der Waals surface area contributed by atoms with Crippen LogP contribution in [-0.2, 0) is 5.41 Å². The third kappa shape index (κ3) is 4.75. The van der Waals surface area contributed by atoms with Crippen molar-refractivity contribution in [2.24, 2.45) is 4.99 Å². The molecule has 0 saturated heterocycles. The lowest BCUT2D eigenvalue weighted by Crippen LogP contribution is -3.15. The normalized spacial score (nSPS) is 17.7. The van der Waals surface area contributed by atoms with Gasteiger partial charge in [0.1, 0.15) is 6.20 Å². The number of benzene rings is 8. The van der Waals surface area contributed by atoms with Gasteiger partial charge in [-0.25, -0.2) is 4.90 Å². The summed E-state index contributed by atoms with van der Waals surface area (Å²) in [5.74, 6) is 1.10. The second kappa shape index (κ2) is 12.9. The van der Waals surface area contributed by atoms with E-state index in [1.54, 1.807) is 0 Å². The van der Waals surface area contributed by atoms with Crippen LogP contribution in [0.2, 0.25) is 0 Å². The summed E-state index contributed by atoms with van der Waals surface area (Å²) in [7, 11) is 0. The minimum Gasteiger partial charge on any atom is -0.310 e. The standard InChI is InChI=1S/C55H37N3/c1-4-16-37(17-5-1)42-34-46(39-18-6-2-7-19-39)54-56-53(57(54)36-42)40-30-28-38(29-31-40)41-32-33-45-44-22-10-11-23-47(44)55(50(45)35-41)48-24-12-14-26-51(48)58(43-20-8-3-9-21-43)52-27-15-13-25-49(52)55/h1-36,53H/p+1. The maximum atomic E-state index is 5.26. The van der Waals surface area contributed by atoms with Crippen molar-refractivity contribution in [3.63, 3.8) is 0 Å². The van der Waals surface area contributed by atoms with Crippen molar-refractivity contribution in [2.45, 2.75) is 11.6 Å². The predicted molar refractivity (Wildman–Crippen MR) is 237 cm³/mol. The molecule has 12 rings (SSSR count). The number of rotatable bonds is 5. The number of anilines is 3. The molecule has 1 spiro atoms. The molecule has 272 valence electrons. The van der Waals surface area contributed by atoms with Crippen LogP contribution >= 0.6 is 0 Å². The summed E-state index contributed by atoms with van der Waals surface area (Å²) in [6.07, 6.45) is 4.64. The Balaban J connectivity index is 0.965. The highest BCUT2D eigenvalue weighted by Crippen LogP contribution is 2.63. The predicted octanol–water partition coefficient (Wildman–Crippen LogP) is 11.9. The zero-order valence-corrected chi connectivity index (χ0v) is 31.8. The number of amidine groups is 1. The molecule has 2 atom stereocenters. The zero-order valence-electron chi connectivity index (χ0n) is 31.8. The summed E-state index contributed by atoms with van der Waals surface area (Å²) in [6, 6.07) is 75.5. The maximum Gasteiger partial charge on any atom is 0.241 e. The third-order valence-corrected chi connectivity index (χ3v) is 12.6. The number of aliphatic imine (C=N–C) groups is 1. The fourth-order valence-corrected chi connectivity index (χ4v) is 10.0. The van der Waals surface area contributed by atoms with Gasteiger partial charge < -0.3 is 4.90 Å². The van der Waals surface area contributed by atoms with Gasteiger partial charge in [-0.15, -0.1) is 0 Å². The Morgan fingerprint density at radius 1 is 0.448 bits per heavy atom. The van der Waals surface area contributed by atoms with Crippen molar-refractivity contribution in [1.82, 2.24) is 0 Å². The van der Waals surface area contributed by atoms with Gasteiger partial charge in [-0.1, -0.05) is 176 Å². The van der Waals surface area contributed by atoms with Crippen LogP contribution in [-0.4, -0.2) is 5.84 Å². The van der Waals surface area contributed by atoms with E-state index < -0.39 is 5.41 Å². The van der Waals surface area contributed by atoms with E-state index in [9.17, 15) is 0 Å². The number of allylic oxidation sites excluding steroid dienone is 2. The molecule has 3 heterocycles. The molecule has 3 heteroatoms. The molecular formula is C55H38N3+. The lowest BCUT2D eigenvalue weighted by atomic mass is 9.64. The molecular weight excluding hydrogens is 703 g/mol. The zero-order chi connectivity index (χ0) is 38.2. The molecule has 0 fully saturated rings. The first kappa shape index (κ1) is 32.9. The second-order valence-electron chi connectivity index (χ2n) is 15.6. The molecule has 0 radical (unpaired) electrons. The van der Waals surface area contributed by atoms with Gasteiger partial charge >= 0.3 is 0 Å². The van der Waals surface area contributed by atoms with Crippen LogP contribution in [0.5, 0.6) is 0 Å². The summed E-state index contributed by atoms with van der Waals surface area (Å²) in [6.45, 7) is 0. The van der Waals surface area contributed by atoms with E-state index in [4.69, 9.17) is 4.99 Å². The highest BCUT2D eigenvalue weighted by atomic mass is 15.4. The second-order valence-corrected chi connectivity index (χ2v) is 15.6. The van der Waals surface area contributed by atoms with E-state index in [1.807, 2.05) is 0 Å². The van der Waals surface area contributed by atoms with Crippen molar-refractivity contribution >= 4 is 34.0 Å². The van der Waals surface area contributed by atoms with Gasteiger partial charge in [0.05, 0.1) is 22.4 Å². The van der Waals surface area contributed by atoms with Crippen LogP contribution in [0.1, 0.15) is 45.1 Å². The Morgan fingerprint density at radius 2 is 1.00 bits per heavy atom. The molecule has 2 unspecified atom stereocenters. The largest absolute Gasteiger partial charge is 0.310 e. The molecule has 4 aliphatic rings. The number of hydrogen-bond donors (Lipinski definition) is 1. The van der Waals surface area contributed by atoms with Crippen LogP contribution < -0.4 is 9.80 Å². The Labute approximate surface area is 338 Å². The first-order valence-electron chi connectivity index (χ1n) is 20.2. The van der Waals surface area contributed by atoms with Gasteiger partial charge in [0.25, 0.3) is 0 Å². The summed E-state index contributed by atoms with van der Waals surface area (Å²) in [5.41, 5.74) is 19.4. The minimum absolute atomic E-state index is 0.00392. The first-order valence-corrected chi connectivity index (χ1v) is 20.2. The van der Waals surface area contributed by atoms with Gasteiger partial charge in [-0.05, 0) is 92.0 Å². The molecule has 0 bridgehead atoms. The molecule has 0 saturated carbocycles. The van der Waals surface area contributed by atoms with E-state index >= 15 is 0 Å². The fraction of sp³-hybridized carbons (Fsp3) is 0.0364. The van der Waals surface area contributed by atoms with Crippen molar-refractivity contribution in [3.05, 3.63) is 257 Å². The SMILES string of the molecule is C1=C(c2ccccc2)C=C(c2ccccc2)C2=NC(c3ccc(-c4ccc5c(c4)C4(c6ccccc6-5)c5ccccc5N(c5ccccc5)c5ccccc54)cc3)[NH+]12. The molecule has 1 N–H and O–H groups in total. The quantitative estimate of drug-likeness (QED) is 0.186. The number of fused-ring (bicyclic) bond motifs is 10. The lowest BCUT2D eigenvalue weighted by molar-refractivity contribution is -0.805. The van der Waals surface area contributed by atoms with Crippen LogP contribution in [0.3, 0.4) is 0 Å². The molecule has 8 aromatic carbocycles. The Kier molecular flexibility index (Phi) is 7.28. The molecule has 3 nitrogen and oxygen atoms in total.